The van der Waals surface area contributed by atoms with Gasteiger partial charge in [-0.05, 0) is 19.4 Å². The Bertz CT molecular complexity index is 694. The van der Waals surface area contributed by atoms with E-state index in [1.165, 1.54) is 16.7 Å². The zero-order valence-corrected chi connectivity index (χ0v) is 14.1. The number of carbonyl (C=O) groups is 3. The van der Waals surface area contributed by atoms with Gasteiger partial charge in [0.1, 0.15) is 23.5 Å². The fraction of sp³-hybridized carbons (Fsp3) is 0.438. The van der Waals surface area contributed by atoms with E-state index in [4.69, 9.17) is 5.73 Å². The summed E-state index contributed by atoms with van der Waals surface area (Å²) in [5.41, 5.74) is 6.59. The summed E-state index contributed by atoms with van der Waals surface area (Å²) in [6.07, 6.45) is 0. The number of hydrogen-bond acceptors (Lipinski definition) is 5. The van der Waals surface area contributed by atoms with Crippen molar-refractivity contribution >= 4 is 29.5 Å². The molecule has 1 aromatic rings. The highest BCUT2D eigenvalue weighted by molar-refractivity contribution is 8.01. The van der Waals surface area contributed by atoms with E-state index in [0.717, 1.165) is 0 Å². The van der Waals surface area contributed by atoms with E-state index in [1.54, 1.807) is 38.1 Å². The summed E-state index contributed by atoms with van der Waals surface area (Å²) < 4.78 is -0.618. The van der Waals surface area contributed by atoms with E-state index >= 15 is 0 Å². The molecule has 3 unspecified atom stereocenters. The molecule has 0 spiro atoms. The summed E-state index contributed by atoms with van der Waals surface area (Å²) in [5, 5.41) is 11.7. The molecule has 2 aliphatic heterocycles. The predicted molar refractivity (Wildman–Crippen MR) is 89.0 cm³/mol. The number of nitrogens with two attached hydrogens (primary N) is 1. The Morgan fingerprint density at radius 3 is 2.54 bits per heavy atom. The second kappa shape index (κ2) is 5.78. The van der Waals surface area contributed by atoms with Crippen LogP contribution in [-0.4, -0.2) is 50.0 Å². The molecule has 24 heavy (non-hydrogen) atoms. The largest absolute Gasteiger partial charge is 0.480 e. The van der Waals surface area contributed by atoms with Crippen LogP contribution in [0.15, 0.2) is 30.3 Å². The van der Waals surface area contributed by atoms with Crippen molar-refractivity contribution in [3.05, 3.63) is 35.9 Å². The number of nitrogens with one attached hydrogen (secondary N) is 1. The normalized spacial score (nSPS) is 28.7. The molecule has 0 aromatic heterocycles. The molecule has 4 N–H and O–H groups in total. The Hall–Kier alpha value is -2.06. The molecule has 2 amide bonds. The third-order valence-electron chi connectivity index (χ3n) is 4.41. The fourth-order valence-electron chi connectivity index (χ4n) is 3.20. The number of carboxylic acids is 1. The van der Waals surface area contributed by atoms with Gasteiger partial charge in [0.05, 0.1) is 0 Å². The topological polar surface area (TPSA) is 113 Å². The first-order valence-corrected chi connectivity index (χ1v) is 8.45. The van der Waals surface area contributed by atoms with Gasteiger partial charge in [0.25, 0.3) is 0 Å². The van der Waals surface area contributed by atoms with Crippen LogP contribution >= 0.6 is 11.8 Å². The molecule has 128 valence electrons. The highest BCUT2D eigenvalue weighted by Crippen LogP contribution is 2.50. The van der Waals surface area contributed by atoms with Crippen molar-refractivity contribution in [1.29, 1.82) is 0 Å². The second-order valence-electron chi connectivity index (χ2n) is 6.47. The zero-order chi connectivity index (χ0) is 17.6. The van der Waals surface area contributed by atoms with Crippen LogP contribution in [0.4, 0.5) is 0 Å². The number of amides is 2. The molecule has 2 heterocycles. The molecule has 0 aliphatic carbocycles. The van der Waals surface area contributed by atoms with E-state index in [9.17, 15) is 19.5 Å². The first kappa shape index (κ1) is 16.8. The molecule has 8 heteroatoms. The zero-order valence-electron chi connectivity index (χ0n) is 13.3. The van der Waals surface area contributed by atoms with Crippen LogP contribution in [0.25, 0.3) is 0 Å². The first-order chi connectivity index (χ1) is 11.2. The van der Waals surface area contributed by atoms with Crippen LogP contribution in [0.1, 0.15) is 25.5 Å². The van der Waals surface area contributed by atoms with Crippen molar-refractivity contribution in [3.8, 4) is 0 Å². The number of nitrogens with zero attached hydrogens (tertiary/aromatic N) is 1. The lowest BCUT2D eigenvalue weighted by atomic mass is 9.95. The molecular weight excluding hydrogens is 330 g/mol. The molecule has 0 radical (unpaired) electrons. The molecule has 7 nitrogen and oxygen atoms in total. The van der Waals surface area contributed by atoms with Gasteiger partial charge in [-0.15, -0.1) is 11.8 Å². The summed E-state index contributed by atoms with van der Waals surface area (Å²) in [6, 6.07) is 6.38. The minimum Gasteiger partial charge on any atom is -0.480 e. The molecular formula is C16H19N3O4S. The van der Waals surface area contributed by atoms with Crippen molar-refractivity contribution in [2.24, 2.45) is 5.73 Å². The molecule has 2 saturated heterocycles. The summed E-state index contributed by atoms with van der Waals surface area (Å²) in [7, 11) is 0. The van der Waals surface area contributed by atoms with Crippen LogP contribution in [0.5, 0.6) is 0 Å². The van der Waals surface area contributed by atoms with E-state index in [0.29, 0.717) is 5.56 Å². The lowest BCUT2D eigenvalue weighted by Gasteiger charge is -2.43. The summed E-state index contributed by atoms with van der Waals surface area (Å²) in [4.78, 5) is 37.5. The van der Waals surface area contributed by atoms with Gasteiger partial charge in [-0.2, -0.15) is 0 Å². The summed E-state index contributed by atoms with van der Waals surface area (Å²) in [6.45, 7) is 3.58. The smallest absolute Gasteiger partial charge is 0.327 e. The Morgan fingerprint density at radius 1 is 1.33 bits per heavy atom. The van der Waals surface area contributed by atoms with Gasteiger partial charge < -0.3 is 21.1 Å². The average molecular weight is 349 g/mol. The van der Waals surface area contributed by atoms with E-state index in [-0.39, 0.29) is 11.3 Å². The summed E-state index contributed by atoms with van der Waals surface area (Å²) >= 11 is 1.38. The van der Waals surface area contributed by atoms with E-state index in [2.05, 4.69) is 5.32 Å². The predicted octanol–water partition coefficient (Wildman–Crippen LogP) is 0.318. The van der Waals surface area contributed by atoms with Crippen LogP contribution in [0, 0.1) is 0 Å². The Kier molecular flexibility index (Phi) is 4.05. The maximum Gasteiger partial charge on any atom is 0.327 e. The minimum atomic E-state index is -1.03. The monoisotopic (exact) mass is 349 g/mol. The van der Waals surface area contributed by atoms with E-state index < -0.39 is 34.7 Å². The number of rotatable bonds is 4. The van der Waals surface area contributed by atoms with Crippen LogP contribution in [-0.2, 0) is 14.4 Å². The van der Waals surface area contributed by atoms with Gasteiger partial charge in [-0.25, -0.2) is 4.79 Å². The summed E-state index contributed by atoms with van der Waals surface area (Å²) in [5.74, 6) is -1.86. The highest BCUT2D eigenvalue weighted by atomic mass is 32.2. The van der Waals surface area contributed by atoms with Gasteiger partial charge in [0, 0.05) is 4.75 Å². The third-order valence-corrected chi connectivity index (χ3v) is 5.99. The van der Waals surface area contributed by atoms with E-state index in [1.807, 2.05) is 6.07 Å². The maximum absolute atomic E-state index is 12.3. The Balaban J connectivity index is 1.71. The molecule has 0 bridgehead atoms. The van der Waals surface area contributed by atoms with Crippen molar-refractivity contribution in [2.45, 2.75) is 42.1 Å². The maximum atomic E-state index is 12.3. The lowest BCUT2D eigenvalue weighted by Crippen LogP contribution is -2.71. The number of carboxylic acid groups (broad SMARTS) is 1. The average Bonchev–Trinajstić information content (AvgIpc) is 2.80. The number of carbonyl (C=O) groups excluding carboxylic acids is 2. The van der Waals surface area contributed by atoms with Crippen molar-refractivity contribution in [2.75, 3.05) is 0 Å². The standard InChI is InChI=1S/C16H19N3O4S/c1-16(2)11(15(22)23)19-13(21)10(14(19)24-16)18-12(20)9(17)8-6-4-3-5-7-8/h3-7,9-11,14H,17H2,1-2H3,(H,18,20)(H,22,23)/t9-,10?,11?,14?/m1/s1. The minimum absolute atomic E-state index is 0.375. The van der Waals surface area contributed by atoms with Crippen LogP contribution < -0.4 is 11.1 Å². The van der Waals surface area contributed by atoms with Crippen molar-refractivity contribution in [1.82, 2.24) is 10.2 Å². The van der Waals surface area contributed by atoms with Gasteiger partial charge in [0.15, 0.2) is 0 Å². The van der Waals surface area contributed by atoms with Gasteiger partial charge in [-0.3, -0.25) is 9.59 Å². The van der Waals surface area contributed by atoms with Crippen LogP contribution in [0.2, 0.25) is 0 Å². The first-order valence-electron chi connectivity index (χ1n) is 7.58. The Morgan fingerprint density at radius 2 is 1.96 bits per heavy atom. The third kappa shape index (κ3) is 2.55. The van der Waals surface area contributed by atoms with Gasteiger partial charge in [0.2, 0.25) is 11.8 Å². The number of aliphatic carboxylic acids is 1. The van der Waals surface area contributed by atoms with Gasteiger partial charge in [-0.1, -0.05) is 30.3 Å². The quantitative estimate of drug-likeness (QED) is 0.675. The fourth-order valence-corrected chi connectivity index (χ4v) is 4.83. The van der Waals surface area contributed by atoms with Crippen LogP contribution in [0.3, 0.4) is 0 Å². The van der Waals surface area contributed by atoms with Crippen molar-refractivity contribution in [3.63, 3.8) is 0 Å². The molecule has 4 atom stereocenters. The number of fused-ring (bicyclic) bond motifs is 1. The Labute approximate surface area is 143 Å². The molecule has 2 fully saturated rings. The molecule has 2 aliphatic rings. The SMILES string of the molecule is CC1(C)SC2C(NC(=O)[C@H](N)c3ccccc3)C(=O)N2C1C(=O)O. The van der Waals surface area contributed by atoms with Gasteiger partial charge >= 0.3 is 5.97 Å². The molecule has 1 aromatic carbocycles. The number of benzene rings is 1. The number of hydrogen-bond donors (Lipinski definition) is 3. The molecule has 0 saturated carbocycles. The number of thioether (sulfide) groups is 1. The molecule has 3 rings (SSSR count). The highest BCUT2D eigenvalue weighted by Gasteiger charge is 2.64. The van der Waals surface area contributed by atoms with Crippen molar-refractivity contribution < 1.29 is 19.5 Å². The number of β-lactam (4-membered cyclic amide) rings is 1. The lowest BCUT2D eigenvalue weighted by molar-refractivity contribution is -0.161. The second-order valence-corrected chi connectivity index (χ2v) is 8.24.